The highest BCUT2D eigenvalue weighted by Crippen LogP contribution is 2.12. The van der Waals surface area contributed by atoms with Crippen LogP contribution in [0.1, 0.15) is 24.2 Å². The van der Waals surface area contributed by atoms with Crippen molar-refractivity contribution < 1.29 is 17.4 Å². The highest BCUT2D eigenvalue weighted by atomic mass is 32.2. The zero-order valence-corrected chi connectivity index (χ0v) is 10.3. The first-order valence-corrected chi connectivity index (χ1v) is 6.33. The summed E-state index contributed by atoms with van der Waals surface area (Å²) in [5.74, 6) is -1.00. The number of nitrogen functional groups attached to an aromatic ring is 1. The number of rotatable bonds is 4. The number of carbonyl (C=O) groups is 1. The third kappa shape index (κ3) is 4.04. The Bertz CT molecular complexity index is 511. The van der Waals surface area contributed by atoms with Gasteiger partial charge in [-0.3, -0.25) is 0 Å². The van der Waals surface area contributed by atoms with Gasteiger partial charge >= 0.3 is 16.3 Å². The number of benzene rings is 1. The molecule has 0 saturated carbocycles. The molecule has 0 aliphatic heterocycles. The summed E-state index contributed by atoms with van der Waals surface area (Å²) in [5.41, 5.74) is 5.71. The molecule has 0 unspecified atom stereocenters. The smallest absolute Gasteiger partial charge is 0.385 e. The van der Waals surface area contributed by atoms with Gasteiger partial charge in [-0.05, 0) is 26.0 Å². The van der Waals surface area contributed by atoms with Crippen LogP contribution in [0.3, 0.4) is 0 Å². The summed E-state index contributed by atoms with van der Waals surface area (Å²) in [6.45, 7) is 3.23. The van der Waals surface area contributed by atoms with Gasteiger partial charge in [-0.2, -0.15) is 13.1 Å². The Morgan fingerprint density at radius 3 is 2.47 bits per heavy atom. The van der Waals surface area contributed by atoms with Crippen LogP contribution in [-0.2, 0) is 14.5 Å². The number of hydrogen-bond donors (Lipinski definition) is 2. The van der Waals surface area contributed by atoms with Crippen molar-refractivity contribution in [2.24, 2.45) is 0 Å². The molecule has 0 bridgehead atoms. The lowest BCUT2D eigenvalue weighted by atomic mass is 10.2. The monoisotopic (exact) mass is 258 g/mol. The number of carbonyl (C=O) groups excluding carboxylic acids is 1. The topological polar surface area (TPSA) is 98.5 Å². The Morgan fingerprint density at radius 1 is 1.35 bits per heavy atom. The quantitative estimate of drug-likeness (QED) is 0.773. The average Bonchev–Trinajstić information content (AvgIpc) is 2.14. The van der Waals surface area contributed by atoms with E-state index in [0.717, 1.165) is 0 Å². The molecule has 17 heavy (non-hydrogen) atoms. The van der Waals surface area contributed by atoms with Crippen LogP contribution in [0, 0.1) is 0 Å². The molecule has 3 N–H and O–H groups in total. The van der Waals surface area contributed by atoms with E-state index in [2.05, 4.69) is 8.91 Å². The van der Waals surface area contributed by atoms with Crippen molar-refractivity contribution in [2.45, 2.75) is 19.9 Å². The predicted octanol–water partition coefficient (Wildman–Crippen LogP) is 0.668. The second kappa shape index (κ2) is 5.15. The van der Waals surface area contributed by atoms with E-state index in [-0.39, 0.29) is 17.3 Å². The third-order valence-electron chi connectivity index (χ3n) is 1.75. The molecule has 0 aliphatic carbocycles. The maximum atomic E-state index is 11.5. The molecule has 0 saturated heterocycles. The van der Waals surface area contributed by atoms with E-state index in [1.165, 1.54) is 12.1 Å². The van der Waals surface area contributed by atoms with Crippen LogP contribution in [0.5, 0.6) is 0 Å². The second-order valence-corrected chi connectivity index (χ2v) is 5.00. The molecule has 0 radical (unpaired) electrons. The molecule has 0 heterocycles. The molecule has 94 valence electrons. The van der Waals surface area contributed by atoms with Crippen molar-refractivity contribution >= 4 is 22.0 Å². The van der Waals surface area contributed by atoms with Crippen molar-refractivity contribution in [1.82, 2.24) is 4.72 Å². The lowest BCUT2D eigenvalue weighted by Crippen LogP contribution is -2.33. The van der Waals surface area contributed by atoms with Crippen molar-refractivity contribution in [2.75, 3.05) is 5.73 Å². The lowest BCUT2D eigenvalue weighted by molar-refractivity contribution is 0.0744. The lowest BCUT2D eigenvalue weighted by Gasteiger charge is -2.09. The minimum atomic E-state index is -4.10. The summed E-state index contributed by atoms with van der Waals surface area (Å²) in [6, 6.07) is 5.71. The fourth-order valence-corrected chi connectivity index (χ4v) is 2.05. The van der Waals surface area contributed by atoms with Crippen LogP contribution in [0.2, 0.25) is 0 Å². The molecule has 7 heteroatoms. The van der Waals surface area contributed by atoms with Gasteiger partial charge in [0.25, 0.3) is 0 Å². The van der Waals surface area contributed by atoms with Gasteiger partial charge in [0.1, 0.15) is 0 Å². The maximum absolute atomic E-state index is 11.5. The summed E-state index contributed by atoms with van der Waals surface area (Å²) in [7, 11) is -4.10. The van der Waals surface area contributed by atoms with Gasteiger partial charge in [-0.25, -0.2) is 4.79 Å². The Morgan fingerprint density at radius 2 is 1.94 bits per heavy atom. The molecule has 0 aliphatic rings. The van der Waals surface area contributed by atoms with E-state index in [1.807, 2.05) is 0 Å². The molecule has 0 spiro atoms. The normalized spacial score (nSPS) is 11.5. The SMILES string of the molecule is CC(C)NS(=O)(=O)OC(=O)c1ccccc1N. The van der Waals surface area contributed by atoms with Gasteiger partial charge in [0.05, 0.1) is 5.56 Å². The molecule has 0 fully saturated rings. The largest absolute Gasteiger partial charge is 0.398 e. The van der Waals surface area contributed by atoms with Gasteiger partial charge in [-0.15, -0.1) is 0 Å². The Labute approximate surface area is 100 Å². The second-order valence-electron chi connectivity index (χ2n) is 3.68. The summed E-state index contributed by atoms with van der Waals surface area (Å²) >= 11 is 0. The molecule has 1 rings (SSSR count). The van der Waals surface area contributed by atoms with Crippen LogP contribution in [-0.4, -0.2) is 20.4 Å². The number of anilines is 1. The Kier molecular flexibility index (Phi) is 4.08. The zero-order chi connectivity index (χ0) is 13.1. The standard InChI is InChI=1S/C10H14N2O4S/c1-7(2)12-17(14,15)16-10(13)8-5-3-4-6-9(8)11/h3-7,12H,11H2,1-2H3. The molecule has 6 nitrogen and oxygen atoms in total. The van der Waals surface area contributed by atoms with E-state index in [1.54, 1.807) is 26.0 Å². The average molecular weight is 258 g/mol. The first-order valence-electron chi connectivity index (χ1n) is 4.92. The summed E-state index contributed by atoms with van der Waals surface area (Å²) in [5, 5.41) is 0. The third-order valence-corrected chi connectivity index (χ3v) is 2.88. The number of para-hydroxylation sites is 1. The Balaban J connectivity index is 2.84. The van der Waals surface area contributed by atoms with Gasteiger partial charge in [0, 0.05) is 11.7 Å². The number of nitrogens with two attached hydrogens (primary N) is 1. The zero-order valence-electron chi connectivity index (χ0n) is 9.51. The van der Waals surface area contributed by atoms with E-state index in [0.29, 0.717) is 0 Å². The number of hydrogen-bond acceptors (Lipinski definition) is 5. The molecule has 0 atom stereocenters. The van der Waals surface area contributed by atoms with Crippen molar-refractivity contribution in [3.05, 3.63) is 29.8 Å². The summed E-state index contributed by atoms with van der Waals surface area (Å²) in [6.07, 6.45) is 0. The van der Waals surface area contributed by atoms with E-state index in [9.17, 15) is 13.2 Å². The van der Waals surface area contributed by atoms with Gasteiger partial charge in [0.2, 0.25) is 0 Å². The molecular formula is C10H14N2O4S. The molecule has 1 aromatic rings. The summed E-state index contributed by atoms with van der Waals surface area (Å²) < 4.78 is 29.2. The van der Waals surface area contributed by atoms with E-state index < -0.39 is 16.3 Å². The van der Waals surface area contributed by atoms with Crippen LogP contribution < -0.4 is 10.5 Å². The molecule has 1 aromatic carbocycles. The molecule has 0 aromatic heterocycles. The fourth-order valence-electron chi connectivity index (χ4n) is 1.14. The van der Waals surface area contributed by atoms with E-state index >= 15 is 0 Å². The van der Waals surface area contributed by atoms with Crippen molar-refractivity contribution in [1.29, 1.82) is 0 Å². The van der Waals surface area contributed by atoms with Gasteiger partial charge in [-0.1, -0.05) is 12.1 Å². The minimum Gasteiger partial charge on any atom is -0.398 e. The predicted molar refractivity (Wildman–Crippen MR) is 63.5 cm³/mol. The fraction of sp³-hybridized carbons (Fsp3) is 0.300. The molecule has 0 amide bonds. The van der Waals surface area contributed by atoms with E-state index in [4.69, 9.17) is 5.73 Å². The minimum absolute atomic E-state index is 0.0154. The van der Waals surface area contributed by atoms with Crippen LogP contribution in [0.25, 0.3) is 0 Å². The van der Waals surface area contributed by atoms with Crippen LogP contribution >= 0.6 is 0 Å². The van der Waals surface area contributed by atoms with Crippen molar-refractivity contribution in [3.63, 3.8) is 0 Å². The first-order chi connectivity index (χ1) is 7.82. The Hall–Kier alpha value is -1.60. The van der Waals surface area contributed by atoms with Gasteiger partial charge in [0.15, 0.2) is 0 Å². The molecular weight excluding hydrogens is 244 g/mol. The highest BCUT2D eigenvalue weighted by Gasteiger charge is 2.20. The number of nitrogens with one attached hydrogen (secondary N) is 1. The van der Waals surface area contributed by atoms with Crippen LogP contribution in [0.15, 0.2) is 24.3 Å². The highest BCUT2D eigenvalue weighted by molar-refractivity contribution is 7.85. The summed E-state index contributed by atoms with van der Waals surface area (Å²) in [4.78, 5) is 11.5. The van der Waals surface area contributed by atoms with Crippen molar-refractivity contribution in [3.8, 4) is 0 Å². The van der Waals surface area contributed by atoms with Crippen LogP contribution in [0.4, 0.5) is 5.69 Å². The first kappa shape index (κ1) is 13.5. The maximum Gasteiger partial charge on any atom is 0.385 e. The van der Waals surface area contributed by atoms with Gasteiger partial charge < -0.3 is 9.92 Å².